The van der Waals surface area contributed by atoms with Gasteiger partial charge in [-0.25, -0.2) is 4.98 Å². The van der Waals surface area contributed by atoms with E-state index < -0.39 is 0 Å². The third-order valence-electron chi connectivity index (χ3n) is 1.62. The van der Waals surface area contributed by atoms with Crippen LogP contribution in [0.3, 0.4) is 0 Å². The van der Waals surface area contributed by atoms with Crippen molar-refractivity contribution in [3.05, 3.63) is 11.1 Å². The third kappa shape index (κ3) is 3.55. The lowest BCUT2D eigenvalue weighted by molar-refractivity contribution is -0.116. The number of carbonyl (C=O) groups excluding carboxylic acids is 1. The Hall–Kier alpha value is -0.900. The summed E-state index contributed by atoms with van der Waals surface area (Å²) in [5.41, 5.74) is 0.954. The Morgan fingerprint density at radius 1 is 1.69 bits per heavy atom. The molecule has 1 N–H and O–H groups in total. The van der Waals surface area contributed by atoms with Gasteiger partial charge in [0.05, 0.1) is 5.69 Å². The number of amides is 1. The van der Waals surface area contributed by atoms with Gasteiger partial charge in [-0.3, -0.25) is 4.79 Å². The van der Waals surface area contributed by atoms with Crippen LogP contribution in [0.15, 0.2) is 5.38 Å². The zero-order valence-electron chi connectivity index (χ0n) is 7.96. The summed E-state index contributed by atoms with van der Waals surface area (Å²) in [6.45, 7) is 3.99. The number of anilines is 1. The normalized spacial score (nSPS) is 10.0. The van der Waals surface area contributed by atoms with E-state index in [9.17, 15) is 4.79 Å². The van der Waals surface area contributed by atoms with Gasteiger partial charge in [-0.05, 0) is 13.3 Å². The smallest absolute Gasteiger partial charge is 0.226 e. The molecular weight excluding hydrogens is 184 g/mol. The van der Waals surface area contributed by atoms with Gasteiger partial charge >= 0.3 is 0 Å². The van der Waals surface area contributed by atoms with Gasteiger partial charge in [0.25, 0.3) is 0 Å². The Bertz CT molecular complexity index is 283. The van der Waals surface area contributed by atoms with Gasteiger partial charge in [-0.2, -0.15) is 0 Å². The Kier molecular flexibility index (Phi) is 3.89. The highest BCUT2D eigenvalue weighted by molar-refractivity contribution is 7.13. The van der Waals surface area contributed by atoms with Crippen molar-refractivity contribution in [2.75, 3.05) is 5.32 Å². The maximum Gasteiger partial charge on any atom is 0.226 e. The summed E-state index contributed by atoms with van der Waals surface area (Å²) < 4.78 is 0. The molecule has 0 bridgehead atoms. The van der Waals surface area contributed by atoms with E-state index in [4.69, 9.17) is 0 Å². The number of aryl methyl sites for hydroxylation is 1. The van der Waals surface area contributed by atoms with Crippen molar-refractivity contribution in [2.45, 2.75) is 33.1 Å². The van der Waals surface area contributed by atoms with Crippen molar-refractivity contribution < 1.29 is 4.79 Å². The van der Waals surface area contributed by atoms with Crippen LogP contribution in [-0.2, 0) is 4.79 Å². The molecule has 1 aromatic heterocycles. The lowest BCUT2D eigenvalue weighted by Crippen LogP contribution is -2.10. The van der Waals surface area contributed by atoms with Crippen LogP contribution in [0.25, 0.3) is 0 Å². The summed E-state index contributed by atoms with van der Waals surface area (Å²) in [6.07, 6.45) is 2.58. The molecule has 1 rings (SSSR count). The van der Waals surface area contributed by atoms with E-state index in [0.717, 1.165) is 18.5 Å². The van der Waals surface area contributed by atoms with Crippen LogP contribution >= 0.6 is 11.3 Å². The largest absolute Gasteiger partial charge is 0.302 e. The molecule has 13 heavy (non-hydrogen) atoms. The first-order valence-electron chi connectivity index (χ1n) is 4.44. The van der Waals surface area contributed by atoms with Crippen molar-refractivity contribution in [1.29, 1.82) is 0 Å². The van der Waals surface area contributed by atoms with Crippen molar-refractivity contribution in [3.63, 3.8) is 0 Å². The highest BCUT2D eigenvalue weighted by Gasteiger charge is 2.03. The molecular formula is C9H14N2OS. The summed E-state index contributed by atoms with van der Waals surface area (Å²) in [7, 11) is 0. The number of carbonyl (C=O) groups is 1. The molecule has 0 saturated carbocycles. The molecule has 4 heteroatoms. The van der Waals surface area contributed by atoms with E-state index in [-0.39, 0.29) is 5.91 Å². The third-order valence-corrected chi connectivity index (χ3v) is 2.50. The first-order valence-corrected chi connectivity index (χ1v) is 5.32. The summed E-state index contributed by atoms with van der Waals surface area (Å²) in [5.74, 6) is 0.0659. The first-order chi connectivity index (χ1) is 6.22. The Morgan fingerprint density at radius 2 is 2.46 bits per heavy atom. The molecule has 3 nitrogen and oxygen atoms in total. The Morgan fingerprint density at radius 3 is 3.00 bits per heavy atom. The lowest BCUT2D eigenvalue weighted by atomic mass is 10.2. The van der Waals surface area contributed by atoms with E-state index in [1.807, 2.05) is 12.3 Å². The molecule has 0 saturated heterocycles. The summed E-state index contributed by atoms with van der Waals surface area (Å²) in [6, 6.07) is 0. The van der Waals surface area contributed by atoms with Crippen LogP contribution in [-0.4, -0.2) is 10.9 Å². The second-order valence-electron chi connectivity index (χ2n) is 2.95. The van der Waals surface area contributed by atoms with Gasteiger partial charge < -0.3 is 5.32 Å². The molecule has 1 heterocycles. The van der Waals surface area contributed by atoms with Crippen molar-refractivity contribution >= 4 is 22.4 Å². The minimum atomic E-state index is 0.0659. The predicted molar refractivity (Wildman–Crippen MR) is 55.0 cm³/mol. The van der Waals surface area contributed by atoms with Crippen LogP contribution < -0.4 is 5.32 Å². The minimum Gasteiger partial charge on any atom is -0.302 e. The number of rotatable bonds is 4. The van der Waals surface area contributed by atoms with Crippen molar-refractivity contribution in [1.82, 2.24) is 4.98 Å². The molecule has 0 unspecified atom stereocenters. The van der Waals surface area contributed by atoms with E-state index in [1.54, 1.807) is 0 Å². The molecule has 1 amide bonds. The zero-order valence-corrected chi connectivity index (χ0v) is 8.78. The number of aromatic nitrogens is 1. The Labute approximate surface area is 82.2 Å². The molecule has 0 aromatic carbocycles. The number of thiazole rings is 1. The monoisotopic (exact) mass is 198 g/mol. The van der Waals surface area contributed by atoms with Gasteiger partial charge in [-0.15, -0.1) is 11.3 Å². The average molecular weight is 198 g/mol. The molecule has 0 atom stereocenters. The fourth-order valence-corrected chi connectivity index (χ4v) is 1.63. The summed E-state index contributed by atoms with van der Waals surface area (Å²) in [4.78, 5) is 15.4. The molecule has 72 valence electrons. The second kappa shape index (κ2) is 4.97. The molecule has 0 aliphatic rings. The number of hydrogen-bond acceptors (Lipinski definition) is 3. The summed E-state index contributed by atoms with van der Waals surface area (Å²) in [5, 5.41) is 5.40. The van der Waals surface area contributed by atoms with Crippen LogP contribution in [0.4, 0.5) is 5.13 Å². The fraction of sp³-hybridized carbons (Fsp3) is 0.556. The number of nitrogens with zero attached hydrogens (tertiary/aromatic N) is 1. The molecule has 0 fully saturated rings. The molecule has 0 radical (unpaired) electrons. The molecule has 0 spiro atoms. The van der Waals surface area contributed by atoms with Gasteiger partial charge in [-0.1, -0.05) is 13.3 Å². The SMILES string of the molecule is CCCCC(=O)Nc1nc(C)cs1. The van der Waals surface area contributed by atoms with E-state index >= 15 is 0 Å². The van der Waals surface area contributed by atoms with Crippen LogP contribution in [0.5, 0.6) is 0 Å². The van der Waals surface area contributed by atoms with Gasteiger partial charge in [0.1, 0.15) is 0 Å². The Balaban J connectivity index is 2.36. The van der Waals surface area contributed by atoms with Gasteiger partial charge in [0.15, 0.2) is 5.13 Å². The average Bonchev–Trinajstić information content (AvgIpc) is 2.48. The number of unbranched alkanes of at least 4 members (excludes halogenated alkanes) is 1. The van der Waals surface area contributed by atoms with Crippen molar-refractivity contribution in [2.24, 2.45) is 0 Å². The van der Waals surface area contributed by atoms with E-state index in [2.05, 4.69) is 17.2 Å². The first kappa shape index (κ1) is 10.2. The molecule has 0 aliphatic carbocycles. The quantitative estimate of drug-likeness (QED) is 0.808. The van der Waals surface area contributed by atoms with Crippen LogP contribution in [0.1, 0.15) is 31.9 Å². The van der Waals surface area contributed by atoms with Gasteiger partial charge in [0, 0.05) is 11.8 Å². The molecule has 0 aliphatic heterocycles. The second-order valence-corrected chi connectivity index (χ2v) is 3.80. The fourth-order valence-electron chi connectivity index (χ4n) is 0.930. The van der Waals surface area contributed by atoms with E-state index in [1.165, 1.54) is 11.3 Å². The summed E-state index contributed by atoms with van der Waals surface area (Å²) >= 11 is 1.47. The molecule has 1 aromatic rings. The van der Waals surface area contributed by atoms with Crippen LogP contribution in [0, 0.1) is 6.92 Å². The van der Waals surface area contributed by atoms with Gasteiger partial charge in [0.2, 0.25) is 5.91 Å². The number of hydrogen-bond donors (Lipinski definition) is 1. The maximum absolute atomic E-state index is 11.2. The number of nitrogens with one attached hydrogen (secondary N) is 1. The minimum absolute atomic E-state index is 0.0659. The zero-order chi connectivity index (χ0) is 9.68. The maximum atomic E-state index is 11.2. The predicted octanol–water partition coefficient (Wildman–Crippen LogP) is 2.58. The standard InChI is InChI=1S/C9H14N2OS/c1-3-4-5-8(12)11-9-10-7(2)6-13-9/h6H,3-5H2,1-2H3,(H,10,11,12). The van der Waals surface area contributed by atoms with E-state index in [0.29, 0.717) is 11.6 Å². The van der Waals surface area contributed by atoms with Crippen molar-refractivity contribution in [3.8, 4) is 0 Å². The van der Waals surface area contributed by atoms with Crippen LogP contribution in [0.2, 0.25) is 0 Å². The lowest BCUT2D eigenvalue weighted by Gasteiger charge is -1.98. The highest BCUT2D eigenvalue weighted by Crippen LogP contribution is 2.14. The highest BCUT2D eigenvalue weighted by atomic mass is 32.1. The topological polar surface area (TPSA) is 42.0 Å².